The number of aromatic nitrogens is 2. The minimum Gasteiger partial charge on any atom is -0.422 e. The molecule has 0 aliphatic carbocycles. The number of rotatable bonds is 5. The summed E-state index contributed by atoms with van der Waals surface area (Å²) in [5.41, 5.74) is 0.164. The van der Waals surface area contributed by atoms with E-state index in [4.69, 9.17) is 9.15 Å². The van der Waals surface area contributed by atoms with Crippen LogP contribution < -0.4 is 5.32 Å². The van der Waals surface area contributed by atoms with E-state index in [0.29, 0.717) is 5.89 Å². The molecule has 18 heavy (non-hydrogen) atoms. The number of hydrogen-bond acceptors (Lipinski definition) is 5. The summed E-state index contributed by atoms with van der Waals surface area (Å²) in [6, 6.07) is 0. The molecule has 0 saturated carbocycles. The Hall–Kier alpha value is -0.940. The summed E-state index contributed by atoms with van der Waals surface area (Å²) >= 11 is 0. The predicted molar refractivity (Wildman–Crippen MR) is 68.3 cm³/mol. The zero-order valence-corrected chi connectivity index (χ0v) is 11.5. The summed E-state index contributed by atoms with van der Waals surface area (Å²) in [6.45, 7) is 8.25. The van der Waals surface area contributed by atoms with Crippen molar-refractivity contribution in [3.63, 3.8) is 0 Å². The zero-order chi connectivity index (χ0) is 13.0. The monoisotopic (exact) mass is 253 g/mol. The van der Waals surface area contributed by atoms with E-state index in [0.717, 1.165) is 44.7 Å². The molecule has 0 aromatic carbocycles. The van der Waals surface area contributed by atoms with E-state index in [2.05, 4.69) is 36.3 Å². The normalized spacial score (nSPS) is 20.5. The van der Waals surface area contributed by atoms with Crippen LogP contribution in [0.1, 0.15) is 57.9 Å². The lowest BCUT2D eigenvalue weighted by Crippen LogP contribution is -2.36. The highest BCUT2D eigenvalue weighted by molar-refractivity contribution is 4.89. The van der Waals surface area contributed by atoms with Crippen molar-refractivity contribution in [1.29, 1.82) is 0 Å². The van der Waals surface area contributed by atoms with E-state index >= 15 is 0 Å². The first kappa shape index (κ1) is 13.5. The van der Waals surface area contributed by atoms with Gasteiger partial charge >= 0.3 is 0 Å². The molecule has 1 aromatic heterocycles. The van der Waals surface area contributed by atoms with Crippen molar-refractivity contribution < 1.29 is 9.15 Å². The van der Waals surface area contributed by atoms with Crippen molar-refractivity contribution in [2.45, 2.75) is 58.1 Å². The average Bonchev–Trinajstić information content (AvgIpc) is 2.93. The molecule has 0 bridgehead atoms. The van der Waals surface area contributed by atoms with Gasteiger partial charge in [-0.25, -0.2) is 0 Å². The summed E-state index contributed by atoms with van der Waals surface area (Å²) in [5.74, 6) is 1.36. The lowest BCUT2D eigenvalue weighted by Gasteiger charge is -2.19. The molecular weight excluding hydrogens is 230 g/mol. The second-order valence-corrected chi connectivity index (χ2v) is 5.82. The van der Waals surface area contributed by atoms with Gasteiger partial charge in [-0.3, -0.25) is 0 Å². The highest BCUT2D eigenvalue weighted by Gasteiger charge is 2.23. The van der Waals surface area contributed by atoms with Crippen molar-refractivity contribution in [3.05, 3.63) is 11.8 Å². The van der Waals surface area contributed by atoms with Gasteiger partial charge in [-0.1, -0.05) is 0 Å². The Balaban J connectivity index is 1.73. The Kier molecular flexibility index (Phi) is 4.35. The van der Waals surface area contributed by atoms with Gasteiger partial charge < -0.3 is 14.5 Å². The SMILES string of the molecule is CC(C)(C)NCCCc1nnc(C2CCCO2)o1. The van der Waals surface area contributed by atoms with Gasteiger partial charge in [-0.05, 0) is 46.6 Å². The summed E-state index contributed by atoms with van der Waals surface area (Å²) in [7, 11) is 0. The lowest BCUT2D eigenvalue weighted by atomic mass is 10.1. The van der Waals surface area contributed by atoms with Crippen LogP contribution in [0.4, 0.5) is 0 Å². The molecule has 0 spiro atoms. The topological polar surface area (TPSA) is 60.2 Å². The molecule has 1 saturated heterocycles. The smallest absolute Gasteiger partial charge is 0.245 e. The van der Waals surface area contributed by atoms with E-state index in [9.17, 15) is 0 Å². The van der Waals surface area contributed by atoms with E-state index in [1.54, 1.807) is 0 Å². The third-order valence-electron chi connectivity index (χ3n) is 2.91. The minimum absolute atomic E-state index is 0.0268. The molecule has 1 unspecified atom stereocenters. The molecule has 1 atom stereocenters. The van der Waals surface area contributed by atoms with Crippen LogP contribution in [0.5, 0.6) is 0 Å². The molecule has 1 aliphatic heterocycles. The largest absolute Gasteiger partial charge is 0.422 e. The Morgan fingerprint density at radius 1 is 1.33 bits per heavy atom. The van der Waals surface area contributed by atoms with E-state index < -0.39 is 0 Å². The Labute approximate surface area is 108 Å². The highest BCUT2D eigenvalue weighted by Crippen LogP contribution is 2.27. The van der Waals surface area contributed by atoms with Crippen molar-refractivity contribution in [3.8, 4) is 0 Å². The standard InChI is InChI=1S/C13H23N3O2/c1-13(2,3)14-8-4-7-11-15-16-12(18-11)10-6-5-9-17-10/h10,14H,4-9H2,1-3H3. The summed E-state index contributed by atoms with van der Waals surface area (Å²) in [6.07, 6.45) is 3.93. The molecule has 1 aromatic rings. The summed E-state index contributed by atoms with van der Waals surface area (Å²) in [5, 5.41) is 11.6. The first-order chi connectivity index (χ1) is 8.54. The third kappa shape index (κ3) is 4.07. The van der Waals surface area contributed by atoms with Crippen LogP contribution in [-0.2, 0) is 11.2 Å². The van der Waals surface area contributed by atoms with Crippen molar-refractivity contribution in [2.24, 2.45) is 0 Å². The number of ether oxygens (including phenoxy) is 1. The van der Waals surface area contributed by atoms with Crippen molar-refractivity contribution in [1.82, 2.24) is 15.5 Å². The van der Waals surface area contributed by atoms with E-state index in [1.807, 2.05) is 0 Å². The fraction of sp³-hybridized carbons (Fsp3) is 0.846. The number of nitrogens with one attached hydrogen (secondary N) is 1. The lowest BCUT2D eigenvalue weighted by molar-refractivity contribution is 0.0880. The predicted octanol–water partition coefficient (Wildman–Crippen LogP) is 2.24. The fourth-order valence-corrected chi connectivity index (χ4v) is 1.97. The van der Waals surface area contributed by atoms with Gasteiger partial charge in [0.05, 0.1) is 0 Å². The fourth-order valence-electron chi connectivity index (χ4n) is 1.97. The van der Waals surface area contributed by atoms with Crippen LogP contribution in [0.2, 0.25) is 0 Å². The maximum atomic E-state index is 5.62. The minimum atomic E-state index is 0.0268. The van der Waals surface area contributed by atoms with Crippen LogP contribution in [0.3, 0.4) is 0 Å². The molecule has 2 heterocycles. The molecule has 5 heteroatoms. The van der Waals surface area contributed by atoms with Gasteiger partial charge in [-0.2, -0.15) is 0 Å². The number of nitrogens with zero attached hydrogens (tertiary/aromatic N) is 2. The Morgan fingerprint density at radius 3 is 2.83 bits per heavy atom. The number of hydrogen-bond donors (Lipinski definition) is 1. The summed E-state index contributed by atoms with van der Waals surface area (Å²) < 4.78 is 11.1. The van der Waals surface area contributed by atoms with Gasteiger partial charge in [0.2, 0.25) is 11.8 Å². The van der Waals surface area contributed by atoms with Gasteiger partial charge in [0.15, 0.2) is 0 Å². The molecule has 0 radical (unpaired) electrons. The Bertz CT molecular complexity index is 365. The second kappa shape index (κ2) is 5.80. The van der Waals surface area contributed by atoms with Crippen molar-refractivity contribution in [2.75, 3.05) is 13.2 Å². The van der Waals surface area contributed by atoms with Crippen molar-refractivity contribution >= 4 is 0 Å². The van der Waals surface area contributed by atoms with Crippen LogP contribution in [0, 0.1) is 0 Å². The zero-order valence-electron chi connectivity index (χ0n) is 11.5. The maximum absolute atomic E-state index is 5.62. The Morgan fingerprint density at radius 2 is 2.17 bits per heavy atom. The molecule has 102 valence electrons. The van der Waals surface area contributed by atoms with Crippen LogP contribution >= 0.6 is 0 Å². The molecule has 1 N–H and O–H groups in total. The molecule has 5 nitrogen and oxygen atoms in total. The quantitative estimate of drug-likeness (QED) is 0.815. The molecular formula is C13H23N3O2. The first-order valence-corrected chi connectivity index (χ1v) is 6.73. The maximum Gasteiger partial charge on any atom is 0.245 e. The molecule has 1 aliphatic rings. The first-order valence-electron chi connectivity index (χ1n) is 6.73. The van der Waals surface area contributed by atoms with Crippen LogP contribution in [0.25, 0.3) is 0 Å². The van der Waals surface area contributed by atoms with Gasteiger partial charge in [-0.15, -0.1) is 10.2 Å². The van der Waals surface area contributed by atoms with E-state index in [1.165, 1.54) is 0 Å². The molecule has 0 amide bonds. The second-order valence-electron chi connectivity index (χ2n) is 5.82. The van der Waals surface area contributed by atoms with Crippen LogP contribution in [0.15, 0.2) is 4.42 Å². The number of aryl methyl sites for hydroxylation is 1. The van der Waals surface area contributed by atoms with Crippen LogP contribution in [-0.4, -0.2) is 28.9 Å². The molecule has 1 fully saturated rings. The average molecular weight is 253 g/mol. The van der Waals surface area contributed by atoms with Gasteiger partial charge in [0, 0.05) is 18.6 Å². The van der Waals surface area contributed by atoms with E-state index in [-0.39, 0.29) is 11.6 Å². The third-order valence-corrected chi connectivity index (χ3v) is 2.91. The molecule has 2 rings (SSSR count). The summed E-state index contributed by atoms with van der Waals surface area (Å²) in [4.78, 5) is 0. The van der Waals surface area contributed by atoms with Gasteiger partial charge in [0.25, 0.3) is 0 Å². The highest BCUT2D eigenvalue weighted by atomic mass is 16.5. The van der Waals surface area contributed by atoms with Gasteiger partial charge in [0.1, 0.15) is 6.10 Å².